The van der Waals surface area contributed by atoms with Gasteiger partial charge in [-0.25, -0.2) is 4.79 Å². The van der Waals surface area contributed by atoms with Gasteiger partial charge in [-0.1, -0.05) is 29.8 Å². The van der Waals surface area contributed by atoms with Crippen LogP contribution in [-0.2, 0) is 0 Å². The van der Waals surface area contributed by atoms with Crippen molar-refractivity contribution in [3.05, 3.63) is 87.4 Å². The number of H-pyrrole nitrogens is 1. The minimum absolute atomic E-state index is 0.325. The van der Waals surface area contributed by atoms with Gasteiger partial charge in [0.1, 0.15) is 5.69 Å². The summed E-state index contributed by atoms with van der Waals surface area (Å²) < 4.78 is 2.62. The lowest BCUT2D eigenvalue weighted by atomic mass is 10.2. The average molecular weight is 414 g/mol. The van der Waals surface area contributed by atoms with E-state index in [-0.39, 0.29) is 5.69 Å². The standard InChI is InChI=1S/C22H22N8O/c1-14-5-11-20(12-6-14)30-22(31)29(17(4)28-30)23-13-18-7-9-19(10-8-18)26-27-21-15(2)24-25-16(21)3/h5-13H,1-4H3,(H,24,25)/b23-13+,27-26?. The number of aromatic amines is 1. The van der Waals surface area contributed by atoms with E-state index in [0.717, 1.165) is 28.2 Å². The van der Waals surface area contributed by atoms with Crippen molar-refractivity contribution in [3.63, 3.8) is 0 Å². The Labute approximate surface area is 178 Å². The number of hydrogen-bond donors (Lipinski definition) is 1. The van der Waals surface area contributed by atoms with Crippen LogP contribution >= 0.6 is 0 Å². The Bertz CT molecular complexity index is 1300. The molecule has 4 aromatic rings. The molecule has 0 amide bonds. The molecule has 0 fully saturated rings. The molecule has 2 aromatic heterocycles. The molecular formula is C22H22N8O. The van der Waals surface area contributed by atoms with Crippen LogP contribution in [0.15, 0.2) is 68.7 Å². The smallest absolute Gasteiger partial charge is 0.280 e. The molecule has 0 aliphatic carbocycles. The van der Waals surface area contributed by atoms with Crippen molar-refractivity contribution in [2.24, 2.45) is 15.3 Å². The molecule has 0 radical (unpaired) electrons. The molecule has 0 aliphatic heterocycles. The molecule has 0 spiro atoms. The number of nitrogens with one attached hydrogen (secondary N) is 1. The number of benzene rings is 2. The first-order valence-corrected chi connectivity index (χ1v) is 9.76. The van der Waals surface area contributed by atoms with Crippen molar-refractivity contribution >= 4 is 17.6 Å². The molecular weight excluding hydrogens is 392 g/mol. The van der Waals surface area contributed by atoms with Crippen molar-refractivity contribution < 1.29 is 0 Å². The van der Waals surface area contributed by atoms with Crippen molar-refractivity contribution in [1.29, 1.82) is 0 Å². The highest BCUT2D eigenvalue weighted by atomic mass is 16.2. The minimum atomic E-state index is -0.325. The Balaban J connectivity index is 1.53. The molecule has 2 heterocycles. The molecule has 0 saturated heterocycles. The Morgan fingerprint density at radius 1 is 0.935 bits per heavy atom. The van der Waals surface area contributed by atoms with Gasteiger partial charge in [0.25, 0.3) is 0 Å². The summed E-state index contributed by atoms with van der Waals surface area (Å²) in [6, 6.07) is 15.0. The van der Waals surface area contributed by atoms with Gasteiger partial charge in [0.15, 0.2) is 5.82 Å². The predicted molar refractivity (Wildman–Crippen MR) is 119 cm³/mol. The summed E-state index contributed by atoms with van der Waals surface area (Å²) in [7, 11) is 0. The van der Waals surface area contributed by atoms with Gasteiger partial charge in [0.05, 0.1) is 29.0 Å². The zero-order valence-corrected chi connectivity index (χ0v) is 17.7. The summed E-state index contributed by atoms with van der Waals surface area (Å²) in [5.41, 5.74) is 5.44. The third-order valence-corrected chi connectivity index (χ3v) is 4.76. The van der Waals surface area contributed by atoms with E-state index in [0.29, 0.717) is 17.2 Å². The van der Waals surface area contributed by atoms with E-state index in [4.69, 9.17) is 0 Å². The lowest BCUT2D eigenvalue weighted by molar-refractivity contribution is 0.778. The summed E-state index contributed by atoms with van der Waals surface area (Å²) in [5.74, 6) is 0.498. The molecule has 0 bridgehead atoms. The second-order valence-corrected chi connectivity index (χ2v) is 7.21. The van der Waals surface area contributed by atoms with E-state index in [2.05, 4.69) is 30.6 Å². The maximum absolute atomic E-state index is 12.7. The SMILES string of the molecule is Cc1ccc(-n2nc(C)n(/N=C/c3ccc(N=Nc4c(C)n[nH]c4C)cc3)c2=O)cc1. The highest BCUT2D eigenvalue weighted by Gasteiger charge is 2.10. The van der Waals surface area contributed by atoms with Gasteiger partial charge in [-0.05, 0) is 57.5 Å². The van der Waals surface area contributed by atoms with Gasteiger partial charge in [-0.3, -0.25) is 5.10 Å². The van der Waals surface area contributed by atoms with E-state index in [9.17, 15) is 4.79 Å². The number of hydrogen-bond acceptors (Lipinski definition) is 6. The normalized spacial score (nSPS) is 11.7. The highest BCUT2D eigenvalue weighted by Crippen LogP contribution is 2.23. The maximum atomic E-state index is 12.7. The fourth-order valence-electron chi connectivity index (χ4n) is 3.00. The molecule has 1 N–H and O–H groups in total. The van der Waals surface area contributed by atoms with Crippen LogP contribution in [-0.4, -0.2) is 30.9 Å². The quantitative estimate of drug-likeness (QED) is 0.389. The van der Waals surface area contributed by atoms with Crippen molar-refractivity contribution in [2.75, 3.05) is 0 Å². The van der Waals surface area contributed by atoms with Crippen LogP contribution in [0.3, 0.4) is 0 Å². The van der Waals surface area contributed by atoms with E-state index in [1.165, 1.54) is 9.36 Å². The van der Waals surface area contributed by atoms with E-state index in [1.807, 2.05) is 69.3 Å². The van der Waals surface area contributed by atoms with Crippen LogP contribution in [0.4, 0.5) is 11.4 Å². The highest BCUT2D eigenvalue weighted by molar-refractivity contribution is 5.80. The first-order valence-electron chi connectivity index (χ1n) is 9.76. The summed E-state index contributed by atoms with van der Waals surface area (Å²) in [5, 5.41) is 24.1. The molecule has 9 heteroatoms. The topological polar surface area (TPSA) is 106 Å². The Morgan fingerprint density at radius 3 is 2.29 bits per heavy atom. The number of aryl methyl sites for hydroxylation is 4. The molecule has 9 nitrogen and oxygen atoms in total. The van der Waals surface area contributed by atoms with Crippen molar-refractivity contribution in [1.82, 2.24) is 24.7 Å². The van der Waals surface area contributed by atoms with Gasteiger partial charge in [0, 0.05) is 0 Å². The van der Waals surface area contributed by atoms with Crippen molar-refractivity contribution in [2.45, 2.75) is 27.7 Å². The fourth-order valence-corrected chi connectivity index (χ4v) is 3.00. The number of nitrogens with zero attached hydrogens (tertiary/aromatic N) is 7. The summed E-state index contributed by atoms with van der Waals surface area (Å²) >= 11 is 0. The predicted octanol–water partition coefficient (Wildman–Crippen LogP) is 4.29. The van der Waals surface area contributed by atoms with Gasteiger partial charge < -0.3 is 0 Å². The second kappa shape index (κ2) is 8.31. The van der Waals surface area contributed by atoms with Gasteiger partial charge in [-0.2, -0.15) is 24.7 Å². The molecule has 31 heavy (non-hydrogen) atoms. The summed E-state index contributed by atoms with van der Waals surface area (Å²) in [6.45, 7) is 7.51. The van der Waals surface area contributed by atoms with Crippen LogP contribution in [0.25, 0.3) is 5.69 Å². The first-order chi connectivity index (χ1) is 14.9. The molecule has 4 rings (SSSR count). The van der Waals surface area contributed by atoms with Gasteiger partial charge >= 0.3 is 5.69 Å². The molecule has 0 aliphatic rings. The van der Waals surface area contributed by atoms with E-state index in [1.54, 1.807) is 13.1 Å². The molecule has 0 unspecified atom stereocenters. The average Bonchev–Trinajstić information content (AvgIpc) is 3.24. The second-order valence-electron chi connectivity index (χ2n) is 7.21. The van der Waals surface area contributed by atoms with Crippen LogP contribution in [0.5, 0.6) is 0 Å². The van der Waals surface area contributed by atoms with Crippen molar-refractivity contribution in [3.8, 4) is 5.69 Å². The zero-order valence-electron chi connectivity index (χ0n) is 17.7. The van der Waals surface area contributed by atoms with Crippen LogP contribution < -0.4 is 5.69 Å². The fraction of sp³-hybridized carbons (Fsp3) is 0.182. The molecule has 0 saturated carbocycles. The first kappa shape index (κ1) is 20.1. The third-order valence-electron chi connectivity index (χ3n) is 4.76. The van der Waals surface area contributed by atoms with Gasteiger partial charge in [-0.15, -0.1) is 10.2 Å². The number of azo groups is 1. The van der Waals surface area contributed by atoms with Gasteiger partial charge in [0.2, 0.25) is 0 Å². The van der Waals surface area contributed by atoms with Crippen LogP contribution in [0, 0.1) is 27.7 Å². The molecule has 156 valence electrons. The van der Waals surface area contributed by atoms with E-state index < -0.39 is 0 Å². The Kier molecular flexibility index (Phi) is 5.40. The third kappa shape index (κ3) is 4.25. The summed E-state index contributed by atoms with van der Waals surface area (Å²) in [4.78, 5) is 12.7. The van der Waals surface area contributed by atoms with Crippen LogP contribution in [0.1, 0.15) is 28.3 Å². The minimum Gasteiger partial charge on any atom is -0.280 e. The Hall–Kier alpha value is -4.14. The van der Waals surface area contributed by atoms with Crippen LogP contribution in [0.2, 0.25) is 0 Å². The number of rotatable bonds is 5. The molecule has 0 atom stereocenters. The maximum Gasteiger partial charge on any atom is 0.371 e. The zero-order chi connectivity index (χ0) is 22.0. The number of aromatic nitrogens is 5. The lowest BCUT2D eigenvalue weighted by Gasteiger charge is -1.99. The lowest BCUT2D eigenvalue weighted by Crippen LogP contribution is -2.21. The Morgan fingerprint density at radius 2 is 1.65 bits per heavy atom. The molecule has 2 aromatic carbocycles. The monoisotopic (exact) mass is 414 g/mol. The largest absolute Gasteiger partial charge is 0.371 e. The summed E-state index contributed by atoms with van der Waals surface area (Å²) in [6.07, 6.45) is 1.61. The van der Waals surface area contributed by atoms with E-state index >= 15 is 0 Å².